The normalized spacial score (nSPS) is 9.18. The first-order valence-corrected chi connectivity index (χ1v) is 3.73. The van der Waals surface area contributed by atoms with E-state index in [1.165, 1.54) is 0 Å². The van der Waals surface area contributed by atoms with Crippen LogP contribution in [0.3, 0.4) is 0 Å². The van der Waals surface area contributed by atoms with E-state index in [1.54, 1.807) is 11.0 Å². The Labute approximate surface area is 67.6 Å². The smallest absolute Gasteiger partial charge is 0.210 e. The van der Waals surface area contributed by atoms with Crippen molar-refractivity contribution in [1.29, 1.82) is 0 Å². The third-order valence-corrected chi connectivity index (χ3v) is 1.24. The molecule has 3 heteroatoms. The van der Waals surface area contributed by atoms with Gasteiger partial charge in [0.05, 0.1) is 6.61 Å². The van der Waals surface area contributed by atoms with E-state index in [2.05, 4.69) is 6.58 Å². The summed E-state index contributed by atoms with van der Waals surface area (Å²) in [5, 5.41) is 0. The van der Waals surface area contributed by atoms with Crippen molar-refractivity contribution in [2.45, 2.75) is 6.92 Å². The van der Waals surface area contributed by atoms with Crippen molar-refractivity contribution in [3.05, 3.63) is 12.7 Å². The lowest BCUT2D eigenvalue weighted by Crippen LogP contribution is -2.26. The zero-order chi connectivity index (χ0) is 8.53. The van der Waals surface area contributed by atoms with Crippen molar-refractivity contribution >= 4 is 6.41 Å². The Balaban J connectivity index is 3.35. The van der Waals surface area contributed by atoms with Crippen LogP contribution in [-0.2, 0) is 9.53 Å². The molecule has 0 aliphatic heterocycles. The molecule has 0 atom stereocenters. The molecule has 0 aromatic rings. The van der Waals surface area contributed by atoms with Crippen LogP contribution in [0.4, 0.5) is 0 Å². The molecule has 1 amide bonds. The first-order chi connectivity index (χ1) is 5.35. The Hall–Kier alpha value is -0.830. The van der Waals surface area contributed by atoms with E-state index < -0.39 is 0 Å². The zero-order valence-corrected chi connectivity index (χ0v) is 6.95. The molecule has 64 valence electrons. The summed E-state index contributed by atoms with van der Waals surface area (Å²) in [7, 11) is 0. The van der Waals surface area contributed by atoms with Crippen LogP contribution >= 0.6 is 0 Å². The molecule has 0 unspecified atom stereocenters. The molecule has 0 aromatic heterocycles. The Morgan fingerprint density at radius 2 is 2.36 bits per heavy atom. The maximum Gasteiger partial charge on any atom is 0.210 e. The van der Waals surface area contributed by atoms with Crippen molar-refractivity contribution in [2.24, 2.45) is 0 Å². The molecule has 3 nitrogen and oxygen atoms in total. The monoisotopic (exact) mass is 157 g/mol. The fourth-order valence-electron chi connectivity index (χ4n) is 0.679. The van der Waals surface area contributed by atoms with Gasteiger partial charge in [0.1, 0.15) is 0 Å². The van der Waals surface area contributed by atoms with Crippen LogP contribution in [0.5, 0.6) is 0 Å². The van der Waals surface area contributed by atoms with E-state index in [-0.39, 0.29) is 0 Å². The van der Waals surface area contributed by atoms with Gasteiger partial charge in [-0.3, -0.25) is 4.79 Å². The number of ether oxygens (including phenoxy) is 1. The van der Waals surface area contributed by atoms with Gasteiger partial charge >= 0.3 is 0 Å². The molecule has 11 heavy (non-hydrogen) atoms. The van der Waals surface area contributed by atoms with E-state index >= 15 is 0 Å². The van der Waals surface area contributed by atoms with E-state index in [0.717, 1.165) is 6.41 Å². The lowest BCUT2D eigenvalue weighted by Gasteiger charge is -2.13. The Bertz CT molecular complexity index is 115. The van der Waals surface area contributed by atoms with Crippen molar-refractivity contribution in [1.82, 2.24) is 4.90 Å². The molecular weight excluding hydrogens is 142 g/mol. The predicted octanol–water partition coefficient (Wildman–Crippen LogP) is 0.667. The van der Waals surface area contributed by atoms with Crippen LogP contribution in [0.1, 0.15) is 6.92 Å². The van der Waals surface area contributed by atoms with Crippen molar-refractivity contribution in [2.75, 3.05) is 26.3 Å². The van der Waals surface area contributed by atoms with Gasteiger partial charge in [-0.15, -0.1) is 6.58 Å². The van der Waals surface area contributed by atoms with Crippen molar-refractivity contribution < 1.29 is 9.53 Å². The summed E-state index contributed by atoms with van der Waals surface area (Å²) in [4.78, 5) is 11.9. The number of rotatable bonds is 7. The van der Waals surface area contributed by atoms with Crippen LogP contribution in [0.15, 0.2) is 12.7 Å². The minimum Gasteiger partial charge on any atom is -0.380 e. The summed E-state index contributed by atoms with van der Waals surface area (Å²) in [6, 6.07) is 0. The van der Waals surface area contributed by atoms with Gasteiger partial charge in [0, 0.05) is 19.7 Å². The van der Waals surface area contributed by atoms with E-state index in [1.807, 2.05) is 6.92 Å². The number of hydrogen-bond donors (Lipinski definition) is 0. The first kappa shape index (κ1) is 10.2. The average Bonchev–Trinajstić information content (AvgIpc) is 2.03. The molecule has 0 aliphatic carbocycles. The largest absolute Gasteiger partial charge is 0.380 e. The van der Waals surface area contributed by atoms with Gasteiger partial charge in [0.2, 0.25) is 6.41 Å². The average molecular weight is 157 g/mol. The van der Waals surface area contributed by atoms with E-state index in [0.29, 0.717) is 26.3 Å². The highest BCUT2D eigenvalue weighted by molar-refractivity contribution is 5.47. The number of hydrogen-bond acceptors (Lipinski definition) is 2. The Kier molecular flexibility index (Phi) is 6.73. The standard InChI is InChI=1S/C8H15NO2/c1-3-5-9(8-10)6-7-11-4-2/h3,8H,1,4-7H2,2H3. The molecular formula is C8H15NO2. The summed E-state index contributed by atoms with van der Waals surface area (Å²) in [5.74, 6) is 0. The van der Waals surface area contributed by atoms with Crippen LogP contribution in [0.25, 0.3) is 0 Å². The number of carbonyl (C=O) groups excluding carboxylic acids is 1. The SMILES string of the molecule is C=CCN(C=O)CCOCC. The second-order valence-electron chi connectivity index (χ2n) is 2.09. The van der Waals surface area contributed by atoms with Crippen LogP contribution in [0.2, 0.25) is 0 Å². The lowest BCUT2D eigenvalue weighted by molar-refractivity contribution is -0.118. The molecule has 0 fully saturated rings. The highest BCUT2D eigenvalue weighted by atomic mass is 16.5. The zero-order valence-electron chi connectivity index (χ0n) is 6.95. The molecule has 0 heterocycles. The summed E-state index contributed by atoms with van der Waals surface area (Å²) < 4.78 is 5.08. The summed E-state index contributed by atoms with van der Waals surface area (Å²) in [6.07, 6.45) is 2.50. The third-order valence-electron chi connectivity index (χ3n) is 1.24. The molecule has 0 saturated heterocycles. The molecule has 0 spiro atoms. The summed E-state index contributed by atoms with van der Waals surface area (Å²) in [5.41, 5.74) is 0. The Morgan fingerprint density at radius 3 is 2.82 bits per heavy atom. The van der Waals surface area contributed by atoms with Crippen molar-refractivity contribution in [3.8, 4) is 0 Å². The van der Waals surface area contributed by atoms with Gasteiger partial charge in [-0.25, -0.2) is 0 Å². The first-order valence-electron chi connectivity index (χ1n) is 3.73. The summed E-state index contributed by atoms with van der Waals surface area (Å²) in [6.45, 7) is 8.00. The maximum atomic E-state index is 10.3. The second kappa shape index (κ2) is 7.28. The second-order valence-corrected chi connectivity index (χ2v) is 2.09. The minimum atomic E-state index is 0.594. The van der Waals surface area contributed by atoms with Gasteiger partial charge in [-0.05, 0) is 6.92 Å². The van der Waals surface area contributed by atoms with Gasteiger partial charge < -0.3 is 9.64 Å². The highest BCUT2D eigenvalue weighted by Gasteiger charge is 1.96. The molecule has 0 saturated carbocycles. The predicted molar refractivity (Wildman–Crippen MR) is 44.3 cm³/mol. The van der Waals surface area contributed by atoms with Gasteiger partial charge in [-0.1, -0.05) is 6.08 Å². The molecule has 0 aromatic carbocycles. The number of amides is 1. The maximum absolute atomic E-state index is 10.3. The molecule has 0 aliphatic rings. The van der Waals surface area contributed by atoms with Gasteiger partial charge in [0.25, 0.3) is 0 Å². The van der Waals surface area contributed by atoms with Gasteiger partial charge in [0.15, 0.2) is 0 Å². The van der Waals surface area contributed by atoms with Gasteiger partial charge in [-0.2, -0.15) is 0 Å². The minimum absolute atomic E-state index is 0.594. The van der Waals surface area contributed by atoms with Crippen LogP contribution in [0, 0.1) is 0 Å². The molecule has 0 rings (SSSR count). The fraction of sp³-hybridized carbons (Fsp3) is 0.625. The van der Waals surface area contributed by atoms with E-state index in [9.17, 15) is 4.79 Å². The number of carbonyl (C=O) groups is 1. The van der Waals surface area contributed by atoms with E-state index in [4.69, 9.17) is 4.74 Å². The Morgan fingerprint density at radius 1 is 1.64 bits per heavy atom. The summed E-state index contributed by atoms with van der Waals surface area (Å²) >= 11 is 0. The number of nitrogens with zero attached hydrogens (tertiary/aromatic N) is 1. The van der Waals surface area contributed by atoms with Crippen LogP contribution < -0.4 is 0 Å². The topological polar surface area (TPSA) is 29.5 Å². The third kappa shape index (κ3) is 5.61. The molecule has 0 bridgehead atoms. The van der Waals surface area contributed by atoms with Crippen molar-refractivity contribution in [3.63, 3.8) is 0 Å². The molecule has 0 radical (unpaired) electrons. The highest BCUT2D eigenvalue weighted by Crippen LogP contribution is 1.83. The van der Waals surface area contributed by atoms with Crippen LogP contribution in [-0.4, -0.2) is 37.6 Å². The quantitative estimate of drug-likeness (QED) is 0.309. The molecule has 0 N–H and O–H groups in total. The fourth-order valence-corrected chi connectivity index (χ4v) is 0.679. The lowest BCUT2D eigenvalue weighted by atomic mass is 10.5.